The van der Waals surface area contributed by atoms with Gasteiger partial charge in [0.25, 0.3) is 0 Å². The third-order valence-electron chi connectivity index (χ3n) is 2.86. The third-order valence-corrected chi connectivity index (χ3v) is 2.86. The van der Waals surface area contributed by atoms with Crippen LogP contribution in [0.1, 0.15) is 26.2 Å². The van der Waals surface area contributed by atoms with Crippen LogP contribution in [0.4, 0.5) is 0 Å². The largest absolute Gasteiger partial charge is 0.343 e. The Morgan fingerprint density at radius 3 is 3.00 bits per heavy atom. The Bertz CT molecular complexity index is 252. The van der Waals surface area contributed by atoms with Gasteiger partial charge in [0.2, 0.25) is 11.8 Å². The molecule has 0 spiro atoms. The standard InChI is InChI=1S/C9H14N2O2/c1-2-6-9(13)11-5-3-4-7(11)8(12)10-6/h6-7H,2-5H2,1H3,(H,10,12)/t6-,7+/m1/s1. The average molecular weight is 182 g/mol. The number of amides is 2. The van der Waals surface area contributed by atoms with Crippen LogP contribution in [0, 0.1) is 0 Å². The molecule has 0 aromatic heterocycles. The number of hydrogen-bond acceptors (Lipinski definition) is 2. The summed E-state index contributed by atoms with van der Waals surface area (Å²) >= 11 is 0. The minimum atomic E-state index is -0.276. The fraction of sp³-hybridized carbons (Fsp3) is 0.778. The second kappa shape index (κ2) is 3.01. The normalized spacial score (nSPS) is 33.2. The zero-order valence-corrected chi connectivity index (χ0v) is 7.75. The van der Waals surface area contributed by atoms with Crippen molar-refractivity contribution in [2.24, 2.45) is 0 Å². The fourth-order valence-electron chi connectivity index (χ4n) is 2.11. The zero-order chi connectivity index (χ0) is 9.42. The first-order chi connectivity index (χ1) is 6.24. The monoisotopic (exact) mass is 182 g/mol. The van der Waals surface area contributed by atoms with Crippen LogP contribution >= 0.6 is 0 Å². The van der Waals surface area contributed by atoms with Crippen LogP contribution in [0.15, 0.2) is 0 Å². The first kappa shape index (κ1) is 8.53. The molecule has 72 valence electrons. The number of piperazine rings is 1. The second-order valence-corrected chi connectivity index (χ2v) is 3.66. The Morgan fingerprint density at radius 2 is 2.31 bits per heavy atom. The topological polar surface area (TPSA) is 49.4 Å². The van der Waals surface area contributed by atoms with Crippen LogP contribution in [0.25, 0.3) is 0 Å². The summed E-state index contributed by atoms with van der Waals surface area (Å²) in [7, 11) is 0. The summed E-state index contributed by atoms with van der Waals surface area (Å²) in [5.41, 5.74) is 0. The van der Waals surface area contributed by atoms with Crippen LogP contribution in [-0.4, -0.2) is 35.3 Å². The Kier molecular flexibility index (Phi) is 1.98. The summed E-state index contributed by atoms with van der Waals surface area (Å²) < 4.78 is 0. The molecule has 4 nitrogen and oxygen atoms in total. The highest BCUT2D eigenvalue weighted by Crippen LogP contribution is 2.22. The Morgan fingerprint density at radius 1 is 1.54 bits per heavy atom. The number of carbonyl (C=O) groups is 2. The van der Waals surface area contributed by atoms with Gasteiger partial charge in [-0.3, -0.25) is 9.59 Å². The molecule has 2 saturated heterocycles. The molecule has 2 fully saturated rings. The predicted octanol–water partition coefficient (Wildman–Crippen LogP) is -0.114. The maximum Gasteiger partial charge on any atom is 0.245 e. The van der Waals surface area contributed by atoms with Crippen molar-refractivity contribution in [2.75, 3.05) is 6.54 Å². The molecule has 2 amide bonds. The van der Waals surface area contributed by atoms with E-state index in [1.54, 1.807) is 4.90 Å². The molecule has 13 heavy (non-hydrogen) atoms. The molecular formula is C9H14N2O2. The Balaban J connectivity index is 2.19. The zero-order valence-electron chi connectivity index (χ0n) is 7.75. The van der Waals surface area contributed by atoms with E-state index in [0.717, 1.165) is 19.4 Å². The lowest BCUT2D eigenvalue weighted by Crippen LogP contribution is -2.60. The number of fused-ring (bicyclic) bond motifs is 1. The molecule has 2 heterocycles. The van der Waals surface area contributed by atoms with Crippen molar-refractivity contribution in [3.8, 4) is 0 Å². The molecule has 0 bridgehead atoms. The molecule has 2 atom stereocenters. The molecule has 1 N–H and O–H groups in total. The predicted molar refractivity (Wildman–Crippen MR) is 47.0 cm³/mol. The second-order valence-electron chi connectivity index (χ2n) is 3.66. The molecule has 0 aliphatic carbocycles. The average Bonchev–Trinajstić information content (AvgIpc) is 2.60. The summed E-state index contributed by atoms with van der Waals surface area (Å²) in [6, 6.07) is -0.447. The summed E-state index contributed by atoms with van der Waals surface area (Å²) in [5, 5.41) is 2.76. The van der Waals surface area contributed by atoms with E-state index in [9.17, 15) is 9.59 Å². The maximum absolute atomic E-state index is 11.7. The van der Waals surface area contributed by atoms with Crippen molar-refractivity contribution in [3.63, 3.8) is 0 Å². The fourth-order valence-corrected chi connectivity index (χ4v) is 2.11. The van der Waals surface area contributed by atoms with E-state index in [0.29, 0.717) is 6.42 Å². The van der Waals surface area contributed by atoms with Crippen molar-refractivity contribution in [2.45, 2.75) is 38.3 Å². The number of rotatable bonds is 1. The maximum atomic E-state index is 11.7. The molecule has 2 aliphatic heterocycles. The molecule has 0 aromatic carbocycles. The SMILES string of the molecule is CC[C@H]1NC(=O)[C@@H]2CCCN2C1=O. The van der Waals surface area contributed by atoms with Crippen molar-refractivity contribution in [1.82, 2.24) is 10.2 Å². The first-order valence-corrected chi connectivity index (χ1v) is 4.85. The van der Waals surface area contributed by atoms with Gasteiger partial charge in [-0.15, -0.1) is 0 Å². The van der Waals surface area contributed by atoms with Gasteiger partial charge in [0.15, 0.2) is 0 Å². The molecule has 2 aliphatic rings. The summed E-state index contributed by atoms with van der Waals surface area (Å²) in [6.07, 6.45) is 2.47. The first-order valence-electron chi connectivity index (χ1n) is 4.85. The van der Waals surface area contributed by atoms with Crippen molar-refractivity contribution in [3.05, 3.63) is 0 Å². The molecular weight excluding hydrogens is 168 g/mol. The highest BCUT2D eigenvalue weighted by Gasteiger charge is 2.41. The van der Waals surface area contributed by atoms with E-state index in [4.69, 9.17) is 0 Å². The van der Waals surface area contributed by atoms with Gasteiger partial charge < -0.3 is 10.2 Å². The number of carbonyl (C=O) groups excluding carboxylic acids is 2. The van der Waals surface area contributed by atoms with Crippen molar-refractivity contribution < 1.29 is 9.59 Å². The number of hydrogen-bond donors (Lipinski definition) is 1. The van der Waals surface area contributed by atoms with Crippen LogP contribution in [0.5, 0.6) is 0 Å². The highest BCUT2D eigenvalue weighted by molar-refractivity contribution is 5.97. The van der Waals surface area contributed by atoms with Gasteiger partial charge in [-0.2, -0.15) is 0 Å². The molecule has 4 heteroatoms. The lowest BCUT2D eigenvalue weighted by atomic mass is 10.1. The molecule has 2 rings (SSSR count). The van der Waals surface area contributed by atoms with Crippen LogP contribution < -0.4 is 5.32 Å². The van der Waals surface area contributed by atoms with E-state index in [-0.39, 0.29) is 23.9 Å². The number of nitrogens with one attached hydrogen (secondary N) is 1. The van der Waals surface area contributed by atoms with E-state index in [2.05, 4.69) is 5.32 Å². The van der Waals surface area contributed by atoms with Gasteiger partial charge >= 0.3 is 0 Å². The van der Waals surface area contributed by atoms with E-state index in [1.165, 1.54) is 0 Å². The van der Waals surface area contributed by atoms with Gasteiger partial charge in [0.1, 0.15) is 12.1 Å². The Labute approximate surface area is 77.3 Å². The summed E-state index contributed by atoms with van der Waals surface area (Å²) in [5.74, 6) is 0.133. The van der Waals surface area contributed by atoms with Crippen LogP contribution in [0.3, 0.4) is 0 Å². The summed E-state index contributed by atoms with van der Waals surface area (Å²) in [6.45, 7) is 2.67. The van der Waals surface area contributed by atoms with E-state index in [1.807, 2.05) is 6.92 Å². The quantitative estimate of drug-likeness (QED) is 0.615. The Hall–Kier alpha value is -1.06. The van der Waals surface area contributed by atoms with Gasteiger partial charge in [0, 0.05) is 6.54 Å². The molecule has 0 saturated carbocycles. The molecule has 0 aromatic rings. The van der Waals surface area contributed by atoms with Crippen molar-refractivity contribution >= 4 is 11.8 Å². The third kappa shape index (κ3) is 1.20. The molecule has 0 unspecified atom stereocenters. The van der Waals surface area contributed by atoms with Gasteiger partial charge in [-0.25, -0.2) is 0 Å². The van der Waals surface area contributed by atoms with Gasteiger partial charge in [-0.1, -0.05) is 6.92 Å². The van der Waals surface area contributed by atoms with E-state index < -0.39 is 0 Å². The lowest BCUT2D eigenvalue weighted by molar-refractivity contribution is -0.147. The smallest absolute Gasteiger partial charge is 0.245 e. The van der Waals surface area contributed by atoms with E-state index >= 15 is 0 Å². The minimum absolute atomic E-state index is 0.0314. The van der Waals surface area contributed by atoms with Crippen LogP contribution in [-0.2, 0) is 9.59 Å². The lowest BCUT2D eigenvalue weighted by Gasteiger charge is -2.34. The van der Waals surface area contributed by atoms with Crippen LogP contribution in [0.2, 0.25) is 0 Å². The van der Waals surface area contributed by atoms with Gasteiger partial charge in [0.05, 0.1) is 0 Å². The molecule has 0 radical (unpaired) electrons. The minimum Gasteiger partial charge on any atom is -0.343 e. The highest BCUT2D eigenvalue weighted by atomic mass is 16.2. The van der Waals surface area contributed by atoms with Crippen molar-refractivity contribution in [1.29, 1.82) is 0 Å². The number of nitrogens with zero attached hydrogens (tertiary/aromatic N) is 1. The van der Waals surface area contributed by atoms with Gasteiger partial charge in [-0.05, 0) is 19.3 Å². The summed E-state index contributed by atoms with van der Waals surface area (Å²) in [4.78, 5) is 24.9.